The minimum absolute atomic E-state index is 0.287. The van der Waals surface area contributed by atoms with Crippen LogP contribution in [-0.4, -0.2) is 30.3 Å². The molecule has 0 spiro atoms. The molecule has 0 saturated carbocycles. The molecule has 0 aliphatic rings. The topological polar surface area (TPSA) is 34.1 Å². The quantitative estimate of drug-likeness (QED) is 0.704. The van der Waals surface area contributed by atoms with Gasteiger partial charge in [0.05, 0.1) is 6.10 Å². The van der Waals surface area contributed by atoms with Gasteiger partial charge in [-0.15, -0.1) is 0 Å². The van der Waals surface area contributed by atoms with Crippen LogP contribution in [0.25, 0.3) is 0 Å². The van der Waals surface area contributed by atoms with Gasteiger partial charge >= 0.3 is 0 Å². The summed E-state index contributed by atoms with van der Waals surface area (Å²) < 4.78 is 5.74. The van der Waals surface area contributed by atoms with E-state index >= 15 is 0 Å². The van der Waals surface area contributed by atoms with Crippen molar-refractivity contribution >= 4 is 0 Å². The SMILES string of the molecule is CC(C)NCC(C)OCCCc1ccncc1. The first-order valence-electron chi connectivity index (χ1n) is 6.42. The zero-order chi connectivity index (χ0) is 12.5. The second-order valence-corrected chi connectivity index (χ2v) is 4.70. The maximum Gasteiger partial charge on any atom is 0.0671 e. The van der Waals surface area contributed by atoms with Crippen LogP contribution < -0.4 is 5.32 Å². The Kier molecular flexibility index (Phi) is 6.82. The molecule has 1 rings (SSSR count). The smallest absolute Gasteiger partial charge is 0.0671 e. The second kappa shape index (κ2) is 8.20. The molecule has 1 heterocycles. The highest BCUT2D eigenvalue weighted by atomic mass is 16.5. The molecule has 0 fully saturated rings. The molecule has 0 aromatic carbocycles. The van der Waals surface area contributed by atoms with E-state index in [1.807, 2.05) is 12.4 Å². The largest absolute Gasteiger partial charge is 0.377 e. The summed E-state index contributed by atoms with van der Waals surface area (Å²) in [6.07, 6.45) is 6.09. The van der Waals surface area contributed by atoms with Gasteiger partial charge in [-0.1, -0.05) is 13.8 Å². The predicted molar refractivity (Wildman–Crippen MR) is 71.1 cm³/mol. The monoisotopic (exact) mass is 236 g/mol. The van der Waals surface area contributed by atoms with E-state index < -0.39 is 0 Å². The first-order valence-corrected chi connectivity index (χ1v) is 6.42. The molecule has 1 aromatic rings. The maximum atomic E-state index is 5.74. The number of nitrogens with zero attached hydrogens (tertiary/aromatic N) is 1. The Morgan fingerprint density at radius 1 is 1.24 bits per heavy atom. The molecule has 1 unspecified atom stereocenters. The molecule has 3 heteroatoms. The van der Waals surface area contributed by atoms with Crippen molar-refractivity contribution in [3.05, 3.63) is 30.1 Å². The molecule has 0 aliphatic carbocycles. The Morgan fingerprint density at radius 2 is 1.94 bits per heavy atom. The Morgan fingerprint density at radius 3 is 2.59 bits per heavy atom. The summed E-state index contributed by atoms with van der Waals surface area (Å²) in [5, 5.41) is 3.37. The minimum atomic E-state index is 0.287. The van der Waals surface area contributed by atoms with Crippen molar-refractivity contribution < 1.29 is 4.74 Å². The third-order valence-corrected chi connectivity index (χ3v) is 2.58. The van der Waals surface area contributed by atoms with Gasteiger partial charge in [0.15, 0.2) is 0 Å². The summed E-state index contributed by atoms with van der Waals surface area (Å²) in [6.45, 7) is 8.16. The van der Waals surface area contributed by atoms with Crippen LogP contribution in [0.5, 0.6) is 0 Å². The molecule has 0 amide bonds. The van der Waals surface area contributed by atoms with Crippen molar-refractivity contribution in [2.45, 2.75) is 45.8 Å². The van der Waals surface area contributed by atoms with Gasteiger partial charge in [0.25, 0.3) is 0 Å². The molecule has 0 radical (unpaired) electrons. The van der Waals surface area contributed by atoms with Gasteiger partial charge in [-0.3, -0.25) is 4.98 Å². The van der Waals surface area contributed by atoms with E-state index in [1.54, 1.807) is 0 Å². The molecule has 1 atom stereocenters. The molecule has 0 saturated heterocycles. The fourth-order valence-corrected chi connectivity index (χ4v) is 1.57. The fourth-order valence-electron chi connectivity index (χ4n) is 1.57. The van der Waals surface area contributed by atoms with E-state index in [9.17, 15) is 0 Å². The van der Waals surface area contributed by atoms with Crippen LogP contribution in [0, 0.1) is 0 Å². The highest BCUT2D eigenvalue weighted by Crippen LogP contribution is 2.02. The summed E-state index contributed by atoms with van der Waals surface area (Å²) in [5.41, 5.74) is 1.33. The van der Waals surface area contributed by atoms with Gasteiger partial charge in [-0.05, 0) is 37.5 Å². The van der Waals surface area contributed by atoms with Crippen molar-refractivity contribution in [2.75, 3.05) is 13.2 Å². The Bertz CT molecular complexity index is 288. The molecular weight excluding hydrogens is 212 g/mol. The standard InChI is InChI=1S/C14H24N2O/c1-12(2)16-11-13(3)17-10-4-5-14-6-8-15-9-7-14/h6-9,12-13,16H,4-5,10-11H2,1-3H3. The summed E-state index contributed by atoms with van der Waals surface area (Å²) in [5.74, 6) is 0. The Labute approximate surface area is 105 Å². The predicted octanol–water partition coefficient (Wildman–Crippen LogP) is 2.42. The second-order valence-electron chi connectivity index (χ2n) is 4.70. The normalized spacial score (nSPS) is 12.9. The van der Waals surface area contributed by atoms with E-state index in [4.69, 9.17) is 4.74 Å². The first kappa shape index (κ1) is 14.1. The number of ether oxygens (including phenoxy) is 1. The zero-order valence-corrected chi connectivity index (χ0v) is 11.1. The van der Waals surface area contributed by atoms with Crippen molar-refractivity contribution in [1.29, 1.82) is 0 Å². The molecule has 17 heavy (non-hydrogen) atoms. The van der Waals surface area contributed by atoms with Crippen molar-refractivity contribution in [3.8, 4) is 0 Å². The zero-order valence-electron chi connectivity index (χ0n) is 11.1. The molecule has 3 nitrogen and oxygen atoms in total. The Balaban J connectivity index is 2.04. The lowest BCUT2D eigenvalue weighted by Gasteiger charge is -2.15. The van der Waals surface area contributed by atoms with Gasteiger partial charge in [-0.25, -0.2) is 0 Å². The number of rotatable bonds is 8. The van der Waals surface area contributed by atoms with E-state index in [-0.39, 0.29) is 6.10 Å². The average molecular weight is 236 g/mol. The van der Waals surface area contributed by atoms with E-state index in [0.717, 1.165) is 26.0 Å². The van der Waals surface area contributed by atoms with Gasteiger partial charge in [0, 0.05) is 31.6 Å². The van der Waals surface area contributed by atoms with E-state index in [2.05, 4.69) is 43.2 Å². The molecular formula is C14H24N2O. The van der Waals surface area contributed by atoms with Gasteiger partial charge in [0.2, 0.25) is 0 Å². The summed E-state index contributed by atoms with van der Waals surface area (Å²) in [7, 11) is 0. The summed E-state index contributed by atoms with van der Waals surface area (Å²) in [6, 6.07) is 4.64. The summed E-state index contributed by atoms with van der Waals surface area (Å²) >= 11 is 0. The number of aromatic nitrogens is 1. The minimum Gasteiger partial charge on any atom is -0.377 e. The lowest BCUT2D eigenvalue weighted by atomic mass is 10.1. The van der Waals surface area contributed by atoms with Crippen molar-refractivity contribution in [2.24, 2.45) is 0 Å². The van der Waals surface area contributed by atoms with Crippen LogP contribution in [-0.2, 0) is 11.2 Å². The highest BCUT2D eigenvalue weighted by Gasteiger charge is 2.02. The van der Waals surface area contributed by atoms with Gasteiger partial charge < -0.3 is 10.1 Å². The molecule has 96 valence electrons. The van der Waals surface area contributed by atoms with Crippen LogP contribution in [0.15, 0.2) is 24.5 Å². The number of pyridine rings is 1. The van der Waals surface area contributed by atoms with Crippen LogP contribution in [0.2, 0.25) is 0 Å². The first-order chi connectivity index (χ1) is 8.18. The number of hydrogen-bond acceptors (Lipinski definition) is 3. The lowest BCUT2D eigenvalue weighted by molar-refractivity contribution is 0.0631. The van der Waals surface area contributed by atoms with Gasteiger partial charge in [-0.2, -0.15) is 0 Å². The number of nitrogens with one attached hydrogen (secondary N) is 1. The molecule has 0 aliphatic heterocycles. The van der Waals surface area contributed by atoms with Crippen LogP contribution in [0.1, 0.15) is 32.8 Å². The third-order valence-electron chi connectivity index (χ3n) is 2.58. The molecule has 0 bridgehead atoms. The highest BCUT2D eigenvalue weighted by molar-refractivity contribution is 5.09. The lowest BCUT2D eigenvalue weighted by Crippen LogP contribution is -2.32. The fraction of sp³-hybridized carbons (Fsp3) is 0.643. The van der Waals surface area contributed by atoms with Crippen molar-refractivity contribution in [1.82, 2.24) is 10.3 Å². The third kappa shape index (κ3) is 7.08. The van der Waals surface area contributed by atoms with Gasteiger partial charge in [0.1, 0.15) is 0 Å². The molecule has 1 N–H and O–H groups in total. The van der Waals surface area contributed by atoms with Crippen LogP contribution in [0.4, 0.5) is 0 Å². The number of aryl methyl sites for hydroxylation is 1. The average Bonchev–Trinajstić information content (AvgIpc) is 2.33. The summed E-state index contributed by atoms with van der Waals surface area (Å²) in [4.78, 5) is 4.00. The van der Waals surface area contributed by atoms with Crippen molar-refractivity contribution in [3.63, 3.8) is 0 Å². The number of hydrogen-bond donors (Lipinski definition) is 1. The van der Waals surface area contributed by atoms with E-state index in [1.165, 1.54) is 5.56 Å². The van der Waals surface area contributed by atoms with Crippen LogP contribution >= 0.6 is 0 Å². The molecule has 1 aromatic heterocycles. The van der Waals surface area contributed by atoms with Crippen LogP contribution in [0.3, 0.4) is 0 Å². The maximum absolute atomic E-state index is 5.74. The van der Waals surface area contributed by atoms with E-state index in [0.29, 0.717) is 6.04 Å². The Hall–Kier alpha value is -0.930.